The molecular weight excluding hydrogens is 260 g/mol. The molecule has 0 unspecified atom stereocenters. The molecule has 0 bridgehead atoms. The van der Waals surface area contributed by atoms with Crippen LogP contribution < -0.4 is 10.6 Å². The molecule has 1 aromatic carbocycles. The summed E-state index contributed by atoms with van der Waals surface area (Å²) in [6, 6.07) is 5.34. The molecule has 2 aliphatic heterocycles. The molecule has 2 aliphatic rings. The van der Waals surface area contributed by atoms with Gasteiger partial charge in [0, 0.05) is 5.02 Å². The first-order chi connectivity index (χ1) is 8.15. The Morgan fingerprint density at radius 1 is 1.29 bits per heavy atom. The number of thiocarbonyl (C=S) groups is 1. The number of carbonyl (C=O) groups excluding carboxylic acids is 1. The molecule has 0 aromatic heterocycles. The van der Waals surface area contributed by atoms with Crippen molar-refractivity contribution in [3.8, 4) is 0 Å². The van der Waals surface area contributed by atoms with Gasteiger partial charge in [-0.05, 0) is 18.2 Å². The largest absolute Gasteiger partial charge is 0.456 e. The first-order valence-corrected chi connectivity index (χ1v) is 5.72. The minimum Gasteiger partial charge on any atom is -0.456 e. The van der Waals surface area contributed by atoms with Crippen molar-refractivity contribution >= 4 is 46.2 Å². The van der Waals surface area contributed by atoms with E-state index in [1.54, 1.807) is 12.1 Å². The van der Waals surface area contributed by atoms with Crippen LogP contribution in [0.5, 0.6) is 0 Å². The second kappa shape index (κ2) is 3.72. The fourth-order valence-corrected chi connectivity index (χ4v) is 2.30. The fourth-order valence-electron chi connectivity index (χ4n) is 1.81. The molecule has 6 heteroatoms. The average Bonchev–Trinajstić information content (AvgIpc) is 2.56. The van der Waals surface area contributed by atoms with E-state index in [0.29, 0.717) is 21.3 Å². The lowest BCUT2D eigenvalue weighted by atomic mass is 10.2. The highest BCUT2D eigenvalue weighted by molar-refractivity contribution is 7.81. The van der Waals surface area contributed by atoms with Crippen LogP contribution in [0.4, 0.5) is 11.4 Å². The highest BCUT2D eigenvalue weighted by atomic mass is 35.5. The van der Waals surface area contributed by atoms with E-state index in [0.717, 1.165) is 11.4 Å². The summed E-state index contributed by atoms with van der Waals surface area (Å²) >= 11 is 11.1. The third kappa shape index (κ3) is 1.67. The fraction of sp³-hybridized carbons (Fsp3) is 0.0909. The number of esters is 1. The van der Waals surface area contributed by atoms with Crippen LogP contribution in [-0.2, 0) is 9.53 Å². The molecule has 2 N–H and O–H groups in total. The zero-order chi connectivity index (χ0) is 12.0. The van der Waals surface area contributed by atoms with Crippen LogP contribution in [0.15, 0.2) is 29.5 Å². The van der Waals surface area contributed by atoms with Crippen molar-refractivity contribution in [3.63, 3.8) is 0 Å². The van der Waals surface area contributed by atoms with Gasteiger partial charge >= 0.3 is 5.97 Å². The summed E-state index contributed by atoms with van der Waals surface area (Å²) in [6.45, 7) is 0.220. The highest BCUT2D eigenvalue weighted by Gasteiger charge is 2.31. The topological polar surface area (TPSA) is 50.4 Å². The summed E-state index contributed by atoms with van der Waals surface area (Å²) in [5.74, 6) is -0.399. The summed E-state index contributed by atoms with van der Waals surface area (Å²) in [4.78, 5) is 11.9. The first kappa shape index (κ1) is 10.6. The van der Waals surface area contributed by atoms with Crippen molar-refractivity contribution < 1.29 is 9.53 Å². The molecular formula is C11H7ClN2O2S. The van der Waals surface area contributed by atoms with Gasteiger partial charge in [0.25, 0.3) is 0 Å². The molecule has 0 amide bonds. The molecule has 4 nitrogen and oxygen atoms in total. The number of fused-ring (bicyclic) bond motifs is 1. The van der Waals surface area contributed by atoms with Gasteiger partial charge < -0.3 is 15.4 Å². The van der Waals surface area contributed by atoms with E-state index in [4.69, 9.17) is 28.6 Å². The SMILES string of the molecule is O=C1OCC2=C1C(=S)Nc1cc(Cl)ccc1N2. The molecule has 0 atom stereocenters. The van der Waals surface area contributed by atoms with Crippen LogP contribution in [0.25, 0.3) is 0 Å². The molecule has 1 aromatic rings. The van der Waals surface area contributed by atoms with E-state index in [1.165, 1.54) is 0 Å². The molecule has 17 heavy (non-hydrogen) atoms. The number of nitrogens with one attached hydrogen (secondary N) is 2. The maximum absolute atomic E-state index is 11.5. The molecule has 0 fully saturated rings. The van der Waals surface area contributed by atoms with Crippen LogP contribution in [-0.4, -0.2) is 17.6 Å². The minimum atomic E-state index is -0.399. The second-order valence-corrected chi connectivity index (χ2v) is 4.54. The number of ether oxygens (including phenoxy) is 1. The molecule has 0 aliphatic carbocycles. The van der Waals surface area contributed by atoms with Crippen molar-refractivity contribution in [1.29, 1.82) is 0 Å². The smallest absolute Gasteiger partial charge is 0.343 e. The van der Waals surface area contributed by atoms with Crippen LogP contribution in [0, 0.1) is 0 Å². The van der Waals surface area contributed by atoms with Crippen LogP contribution >= 0.6 is 23.8 Å². The number of rotatable bonds is 0. The van der Waals surface area contributed by atoms with Crippen molar-refractivity contribution in [2.24, 2.45) is 0 Å². The van der Waals surface area contributed by atoms with Gasteiger partial charge in [-0.2, -0.15) is 0 Å². The van der Waals surface area contributed by atoms with Gasteiger partial charge in [-0.15, -0.1) is 0 Å². The van der Waals surface area contributed by atoms with Crippen molar-refractivity contribution in [1.82, 2.24) is 0 Å². The Labute approximate surface area is 108 Å². The summed E-state index contributed by atoms with van der Waals surface area (Å²) < 4.78 is 4.94. The summed E-state index contributed by atoms with van der Waals surface area (Å²) in [5.41, 5.74) is 2.66. The third-order valence-electron chi connectivity index (χ3n) is 2.60. The highest BCUT2D eigenvalue weighted by Crippen LogP contribution is 2.32. The Morgan fingerprint density at radius 2 is 2.12 bits per heavy atom. The predicted molar refractivity (Wildman–Crippen MR) is 69.3 cm³/mol. The zero-order valence-corrected chi connectivity index (χ0v) is 10.1. The molecule has 0 saturated carbocycles. The summed E-state index contributed by atoms with van der Waals surface area (Å²) in [6.07, 6.45) is 0. The number of carbonyl (C=O) groups is 1. The van der Waals surface area contributed by atoms with E-state index < -0.39 is 5.97 Å². The second-order valence-electron chi connectivity index (χ2n) is 3.70. The molecule has 86 valence electrons. The van der Waals surface area contributed by atoms with E-state index in [-0.39, 0.29) is 6.61 Å². The summed E-state index contributed by atoms with van der Waals surface area (Å²) in [5, 5.41) is 6.73. The van der Waals surface area contributed by atoms with Crippen molar-refractivity contribution in [3.05, 3.63) is 34.5 Å². The standard InChI is InChI=1S/C11H7ClN2O2S/c12-5-1-2-6-7(3-5)14-10(17)9-8(13-6)4-16-11(9)15/h1-3,13H,4H2,(H,14,17). The third-order valence-corrected chi connectivity index (χ3v) is 3.14. The van der Waals surface area contributed by atoms with Gasteiger partial charge in [0.1, 0.15) is 17.2 Å². The van der Waals surface area contributed by atoms with E-state index >= 15 is 0 Å². The monoisotopic (exact) mass is 266 g/mol. The number of hydrogen-bond donors (Lipinski definition) is 2. The first-order valence-electron chi connectivity index (χ1n) is 4.93. The van der Waals surface area contributed by atoms with Gasteiger partial charge in [-0.25, -0.2) is 4.79 Å². The Bertz CT molecular complexity index is 583. The number of hydrogen-bond acceptors (Lipinski definition) is 4. The molecule has 2 heterocycles. The van der Waals surface area contributed by atoms with Gasteiger partial charge in [0.15, 0.2) is 0 Å². The number of halogens is 1. The molecule has 0 spiro atoms. The van der Waals surface area contributed by atoms with E-state index in [9.17, 15) is 4.79 Å². The van der Waals surface area contributed by atoms with E-state index in [1.807, 2.05) is 6.07 Å². The number of cyclic esters (lactones) is 1. The van der Waals surface area contributed by atoms with Crippen molar-refractivity contribution in [2.45, 2.75) is 0 Å². The average molecular weight is 267 g/mol. The Morgan fingerprint density at radius 3 is 2.94 bits per heavy atom. The Kier molecular flexibility index (Phi) is 2.31. The lowest BCUT2D eigenvalue weighted by molar-refractivity contribution is -0.135. The van der Waals surface area contributed by atoms with Crippen LogP contribution in [0.3, 0.4) is 0 Å². The molecule has 0 saturated heterocycles. The lowest BCUT2D eigenvalue weighted by Gasteiger charge is -2.10. The van der Waals surface area contributed by atoms with E-state index in [2.05, 4.69) is 10.6 Å². The normalized spacial score (nSPS) is 17.7. The van der Waals surface area contributed by atoms with Crippen molar-refractivity contribution in [2.75, 3.05) is 17.2 Å². The summed E-state index contributed by atoms with van der Waals surface area (Å²) in [7, 11) is 0. The lowest BCUT2D eigenvalue weighted by Crippen LogP contribution is -2.16. The zero-order valence-electron chi connectivity index (χ0n) is 8.54. The maximum atomic E-state index is 11.5. The van der Waals surface area contributed by atoms with Crippen LogP contribution in [0.1, 0.15) is 0 Å². The van der Waals surface area contributed by atoms with Gasteiger partial charge in [0.2, 0.25) is 0 Å². The predicted octanol–water partition coefficient (Wildman–Crippen LogP) is 2.32. The van der Waals surface area contributed by atoms with Gasteiger partial charge in [-0.1, -0.05) is 23.8 Å². The molecule has 0 radical (unpaired) electrons. The maximum Gasteiger partial charge on any atom is 0.343 e. The number of anilines is 2. The Balaban J connectivity index is 2.10. The van der Waals surface area contributed by atoms with Gasteiger partial charge in [-0.3, -0.25) is 0 Å². The van der Waals surface area contributed by atoms with Crippen LogP contribution in [0.2, 0.25) is 5.02 Å². The number of benzene rings is 1. The minimum absolute atomic E-state index is 0.220. The van der Waals surface area contributed by atoms with Gasteiger partial charge in [0.05, 0.1) is 17.1 Å². The molecule has 3 rings (SSSR count). The Hall–Kier alpha value is -1.59. The quantitative estimate of drug-likeness (QED) is 0.557.